The van der Waals surface area contributed by atoms with E-state index in [-0.39, 0.29) is 12.0 Å². The molecule has 0 spiro atoms. The van der Waals surface area contributed by atoms with Gasteiger partial charge in [0.1, 0.15) is 6.10 Å². The lowest BCUT2D eigenvalue weighted by Crippen LogP contribution is -2.46. The zero-order chi connectivity index (χ0) is 15.1. The third kappa shape index (κ3) is 5.19. The minimum atomic E-state index is -0.834. The molecule has 0 radical (unpaired) electrons. The van der Waals surface area contributed by atoms with Crippen molar-refractivity contribution in [2.75, 3.05) is 19.1 Å². The molecular formula is C15H20ClNO4. The maximum atomic E-state index is 11.9. The van der Waals surface area contributed by atoms with Gasteiger partial charge in [-0.15, -0.1) is 11.6 Å². The average Bonchev–Trinajstić information content (AvgIpc) is 2.99. The molecule has 2 N–H and O–H groups in total. The van der Waals surface area contributed by atoms with Crippen molar-refractivity contribution in [2.24, 2.45) is 0 Å². The van der Waals surface area contributed by atoms with Crippen LogP contribution in [0.4, 0.5) is 4.79 Å². The van der Waals surface area contributed by atoms with Crippen molar-refractivity contribution in [2.45, 2.75) is 31.1 Å². The van der Waals surface area contributed by atoms with E-state index in [1.165, 1.54) is 0 Å². The number of alkyl carbamates (subject to hydrolysis) is 1. The third-order valence-electron chi connectivity index (χ3n) is 3.39. The highest BCUT2D eigenvalue weighted by atomic mass is 35.5. The van der Waals surface area contributed by atoms with Gasteiger partial charge >= 0.3 is 6.09 Å². The van der Waals surface area contributed by atoms with E-state index in [2.05, 4.69) is 5.32 Å². The van der Waals surface area contributed by atoms with Gasteiger partial charge in [-0.05, 0) is 12.0 Å². The number of alkyl halides is 1. The highest BCUT2D eigenvalue weighted by Crippen LogP contribution is 2.11. The van der Waals surface area contributed by atoms with Crippen LogP contribution in [0.2, 0.25) is 0 Å². The summed E-state index contributed by atoms with van der Waals surface area (Å²) in [6, 6.07) is 9.12. The molecule has 5 nitrogen and oxygen atoms in total. The van der Waals surface area contributed by atoms with Crippen LogP contribution in [0.1, 0.15) is 12.0 Å². The molecule has 1 amide bonds. The number of hydrogen-bond donors (Lipinski definition) is 2. The Morgan fingerprint density at radius 2 is 2.24 bits per heavy atom. The van der Waals surface area contributed by atoms with Crippen LogP contribution in [-0.4, -0.2) is 48.5 Å². The molecule has 1 aliphatic heterocycles. The van der Waals surface area contributed by atoms with Crippen molar-refractivity contribution in [1.29, 1.82) is 0 Å². The smallest absolute Gasteiger partial charge is 0.407 e. The predicted molar refractivity (Wildman–Crippen MR) is 79.5 cm³/mol. The molecule has 0 aliphatic carbocycles. The molecule has 1 saturated heterocycles. The Bertz CT molecular complexity index is 437. The number of hydrogen-bond acceptors (Lipinski definition) is 4. The molecule has 6 heteroatoms. The quantitative estimate of drug-likeness (QED) is 0.785. The monoisotopic (exact) mass is 313 g/mol. The number of ether oxygens (including phenoxy) is 2. The highest BCUT2D eigenvalue weighted by Gasteiger charge is 2.25. The average molecular weight is 314 g/mol. The summed E-state index contributed by atoms with van der Waals surface area (Å²) in [7, 11) is 0. The molecule has 2 rings (SSSR count). The van der Waals surface area contributed by atoms with Crippen LogP contribution in [0, 0.1) is 0 Å². The molecule has 1 aliphatic rings. The largest absolute Gasteiger partial charge is 0.444 e. The Balaban J connectivity index is 1.90. The number of carbonyl (C=O) groups is 1. The first-order chi connectivity index (χ1) is 10.2. The number of nitrogens with one attached hydrogen (secondary N) is 1. The van der Waals surface area contributed by atoms with Crippen molar-refractivity contribution in [1.82, 2.24) is 5.32 Å². The van der Waals surface area contributed by atoms with Crippen molar-refractivity contribution < 1.29 is 19.4 Å². The number of halogens is 1. The van der Waals surface area contributed by atoms with Crippen LogP contribution in [-0.2, 0) is 15.9 Å². The maximum absolute atomic E-state index is 11.9. The number of carbonyl (C=O) groups excluding carboxylic acids is 1. The van der Waals surface area contributed by atoms with Gasteiger partial charge in [-0.1, -0.05) is 30.3 Å². The van der Waals surface area contributed by atoms with Gasteiger partial charge in [-0.25, -0.2) is 4.79 Å². The van der Waals surface area contributed by atoms with E-state index in [9.17, 15) is 9.90 Å². The molecule has 0 saturated carbocycles. The predicted octanol–water partition coefficient (Wildman–Crippen LogP) is 1.71. The molecule has 116 valence electrons. The van der Waals surface area contributed by atoms with Crippen LogP contribution in [0.15, 0.2) is 30.3 Å². The van der Waals surface area contributed by atoms with Gasteiger partial charge < -0.3 is 19.9 Å². The molecule has 0 bridgehead atoms. The highest BCUT2D eigenvalue weighted by molar-refractivity contribution is 6.18. The molecule has 1 aromatic carbocycles. The van der Waals surface area contributed by atoms with E-state index >= 15 is 0 Å². The topological polar surface area (TPSA) is 67.8 Å². The molecule has 3 atom stereocenters. The Kier molecular flexibility index (Phi) is 6.29. The molecule has 1 unspecified atom stereocenters. The van der Waals surface area contributed by atoms with Gasteiger partial charge in [0.05, 0.1) is 31.2 Å². The second kappa shape index (κ2) is 8.22. The standard InChI is InChI=1S/C15H20ClNO4/c16-9-14(18)13(8-11-4-2-1-3-5-11)17-15(19)21-12-6-7-20-10-12/h1-5,12-14,18H,6-10H2,(H,17,19)/t12-,13-,14?/m0/s1. The van der Waals surface area contributed by atoms with Crippen molar-refractivity contribution >= 4 is 17.7 Å². The fraction of sp³-hybridized carbons (Fsp3) is 0.533. The van der Waals surface area contributed by atoms with E-state index in [4.69, 9.17) is 21.1 Å². The summed E-state index contributed by atoms with van der Waals surface area (Å²) in [4.78, 5) is 11.9. The summed E-state index contributed by atoms with van der Waals surface area (Å²) in [5.74, 6) is 0.0460. The van der Waals surface area contributed by atoms with E-state index < -0.39 is 18.2 Å². The molecular weight excluding hydrogens is 294 g/mol. The molecule has 1 fully saturated rings. The third-order valence-corrected chi connectivity index (χ3v) is 3.70. The number of benzene rings is 1. The summed E-state index contributed by atoms with van der Waals surface area (Å²) >= 11 is 5.70. The van der Waals surface area contributed by atoms with E-state index in [1.54, 1.807) is 0 Å². The van der Waals surface area contributed by atoms with Crippen LogP contribution >= 0.6 is 11.6 Å². The van der Waals surface area contributed by atoms with Gasteiger partial charge in [0, 0.05) is 6.42 Å². The Labute approximate surface area is 129 Å². The maximum Gasteiger partial charge on any atom is 0.407 e. The summed E-state index contributed by atoms with van der Waals surface area (Å²) in [5, 5.41) is 12.7. The van der Waals surface area contributed by atoms with Gasteiger partial charge in [-0.3, -0.25) is 0 Å². The van der Waals surface area contributed by atoms with Gasteiger partial charge in [0.15, 0.2) is 0 Å². The van der Waals surface area contributed by atoms with E-state index in [0.717, 1.165) is 5.56 Å². The Hall–Kier alpha value is -1.30. The minimum Gasteiger partial charge on any atom is -0.444 e. The molecule has 0 aromatic heterocycles. The number of rotatable bonds is 6. The fourth-order valence-corrected chi connectivity index (χ4v) is 2.42. The van der Waals surface area contributed by atoms with Crippen LogP contribution in [0.5, 0.6) is 0 Å². The van der Waals surface area contributed by atoms with Gasteiger partial charge in [0.2, 0.25) is 0 Å². The first kappa shape index (κ1) is 16.1. The lowest BCUT2D eigenvalue weighted by atomic mass is 10.0. The summed E-state index contributed by atoms with van der Waals surface area (Å²) in [6.07, 6.45) is -0.398. The number of aliphatic hydroxyl groups excluding tert-OH is 1. The summed E-state index contributed by atoms with van der Waals surface area (Å²) in [6.45, 7) is 1.03. The summed E-state index contributed by atoms with van der Waals surface area (Å²) < 4.78 is 10.4. The van der Waals surface area contributed by atoms with Crippen molar-refractivity contribution in [3.05, 3.63) is 35.9 Å². The van der Waals surface area contributed by atoms with Crippen molar-refractivity contribution in [3.8, 4) is 0 Å². The summed E-state index contributed by atoms with van der Waals surface area (Å²) in [5.41, 5.74) is 1.01. The van der Waals surface area contributed by atoms with Gasteiger partial charge in [0.25, 0.3) is 0 Å². The van der Waals surface area contributed by atoms with E-state index in [1.807, 2.05) is 30.3 Å². The fourth-order valence-electron chi connectivity index (χ4n) is 2.20. The van der Waals surface area contributed by atoms with Crippen LogP contribution in [0.25, 0.3) is 0 Å². The van der Waals surface area contributed by atoms with Gasteiger partial charge in [-0.2, -0.15) is 0 Å². The van der Waals surface area contributed by atoms with Crippen molar-refractivity contribution in [3.63, 3.8) is 0 Å². The second-order valence-corrected chi connectivity index (χ2v) is 5.36. The molecule has 21 heavy (non-hydrogen) atoms. The van der Waals surface area contributed by atoms with E-state index in [0.29, 0.717) is 26.1 Å². The van der Waals surface area contributed by atoms with Crippen LogP contribution < -0.4 is 5.32 Å². The lowest BCUT2D eigenvalue weighted by molar-refractivity contribution is 0.0721. The molecule has 1 aromatic rings. The normalized spacial score (nSPS) is 20.8. The Morgan fingerprint density at radius 3 is 2.86 bits per heavy atom. The second-order valence-electron chi connectivity index (χ2n) is 5.05. The lowest BCUT2D eigenvalue weighted by Gasteiger charge is -2.23. The number of aliphatic hydroxyl groups is 1. The first-order valence-electron chi connectivity index (χ1n) is 7.02. The number of amides is 1. The Morgan fingerprint density at radius 1 is 1.48 bits per heavy atom. The first-order valence-corrected chi connectivity index (χ1v) is 7.55. The zero-order valence-electron chi connectivity index (χ0n) is 11.7. The molecule has 1 heterocycles. The SMILES string of the molecule is O=C(N[C@@H](Cc1ccccc1)C(O)CCl)O[C@H]1CCOC1. The minimum absolute atomic E-state index is 0.0460. The zero-order valence-corrected chi connectivity index (χ0v) is 12.5. The van der Waals surface area contributed by atoms with Crippen LogP contribution in [0.3, 0.4) is 0 Å².